The molecule has 0 saturated heterocycles. The smallest absolute Gasteiger partial charge is 0.188 e. The monoisotopic (exact) mass is 239 g/mol. The topological polar surface area (TPSA) is 58.6 Å². The predicted molar refractivity (Wildman–Crippen MR) is 57.3 cm³/mol. The van der Waals surface area contributed by atoms with Gasteiger partial charge in [-0.3, -0.25) is 9.89 Å². The second-order valence-electron chi connectivity index (χ2n) is 2.66. The molecule has 4 nitrogen and oxygen atoms in total. The zero-order valence-corrected chi connectivity index (χ0v) is 9.05. The summed E-state index contributed by atoms with van der Waals surface area (Å²) in [7, 11) is 0. The van der Waals surface area contributed by atoms with Crippen LogP contribution in [-0.2, 0) is 0 Å². The lowest BCUT2D eigenvalue weighted by molar-refractivity contribution is 0.112. The van der Waals surface area contributed by atoms with E-state index in [4.69, 9.17) is 11.6 Å². The van der Waals surface area contributed by atoms with Crippen molar-refractivity contribution in [1.82, 2.24) is 15.2 Å². The second-order valence-corrected chi connectivity index (χ2v) is 4.10. The van der Waals surface area contributed by atoms with E-state index in [2.05, 4.69) is 15.2 Å². The average Bonchev–Trinajstić information content (AvgIpc) is 2.71. The molecule has 0 bridgehead atoms. The first-order valence-corrected chi connectivity index (χ1v) is 5.27. The molecular weight excluding hydrogens is 234 g/mol. The third-order valence-corrected chi connectivity index (χ3v) is 3.03. The summed E-state index contributed by atoms with van der Waals surface area (Å²) in [6.07, 6.45) is 2.15. The summed E-state index contributed by atoms with van der Waals surface area (Å²) in [4.78, 5) is 15.5. The van der Waals surface area contributed by atoms with Crippen LogP contribution >= 0.6 is 23.4 Å². The van der Waals surface area contributed by atoms with Crippen molar-refractivity contribution in [3.05, 3.63) is 35.1 Å². The van der Waals surface area contributed by atoms with Gasteiger partial charge in [0.25, 0.3) is 0 Å². The van der Waals surface area contributed by atoms with E-state index in [9.17, 15) is 4.79 Å². The standard InChI is InChI=1S/C9H6ClN3OS/c10-7-2-1-3-8(6(7)4-14)15-9-11-5-12-13-9/h1-5H,(H,11,12,13). The minimum atomic E-state index is 0.439. The maximum Gasteiger partial charge on any atom is 0.188 e. The molecule has 1 N–H and O–H groups in total. The molecule has 0 saturated carbocycles. The second kappa shape index (κ2) is 4.46. The van der Waals surface area contributed by atoms with Crippen LogP contribution in [0.4, 0.5) is 0 Å². The molecule has 0 radical (unpaired) electrons. The normalized spacial score (nSPS) is 10.2. The van der Waals surface area contributed by atoms with Gasteiger partial charge in [-0.2, -0.15) is 5.10 Å². The molecule has 2 aromatic rings. The first-order valence-electron chi connectivity index (χ1n) is 4.08. The largest absolute Gasteiger partial charge is 0.298 e. The summed E-state index contributed by atoms with van der Waals surface area (Å²) in [5, 5.41) is 7.48. The zero-order chi connectivity index (χ0) is 10.7. The van der Waals surface area contributed by atoms with E-state index in [0.717, 1.165) is 11.2 Å². The number of carbonyl (C=O) groups is 1. The van der Waals surface area contributed by atoms with Crippen LogP contribution in [0.3, 0.4) is 0 Å². The molecule has 1 aromatic carbocycles. The van der Waals surface area contributed by atoms with E-state index in [1.165, 1.54) is 18.1 Å². The summed E-state index contributed by atoms with van der Waals surface area (Å²) >= 11 is 7.19. The van der Waals surface area contributed by atoms with E-state index in [-0.39, 0.29) is 0 Å². The summed E-state index contributed by atoms with van der Waals surface area (Å²) in [6.45, 7) is 0. The highest BCUT2D eigenvalue weighted by molar-refractivity contribution is 7.99. The van der Waals surface area contributed by atoms with Crippen LogP contribution in [0.15, 0.2) is 34.6 Å². The third kappa shape index (κ3) is 2.19. The third-order valence-electron chi connectivity index (χ3n) is 1.73. The number of nitrogens with one attached hydrogen (secondary N) is 1. The SMILES string of the molecule is O=Cc1c(Cl)cccc1Sc1ncn[nH]1. The molecule has 0 amide bonds. The van der Waals surface area contributed by atoms with E-state index in [1.807, 2.05) is 6.07 Å². The molecule has 1 heterocycles. The number of nitrogens with zero attached hydrogens (tertiary/aromatic N) is 2. The van der Waals surface area contributed by atoms with Gasteiger partial charge in [0.15, 0.2) is 11.4 Å². The van der Waals surface area contributed by atoms with Crippen LogP contribution in [0.25, 0.3) is 0 Å². The quantitative estimate of drug-likeness (QED) is 0.836. The lowest BCUT2D eigenvalue weighted by Crippen LogP contribution is -1.87. The number of halogens is 1. The van der Waals surface area contributed by atoms with Crippen molar-refractivity contribution in [3.8, 4) is 0 Å². The van der Waals surface area contributed by atoms with Crippen molar-refractivity contribution in [3.63, 3.8) is 0 Å². The lowest BCUT2D eigenvalue weighted by atomic mass is 10.2. The minimum Gasteiger partial charge on any atom is -0.298 e. The number of aromatic amines is 1. The van der Waals surface area contributed by atoms with Crippen LogP contribution < -0.4 is 0 Å². The first kappa shape index (κ1) is 10.2. The number of benzene rings is 1. The van der Waals surface area contributed by atoms with Gasteiger partial charge < -0.3 is 0 Å². The number of aldehydes is 1. The fourth-order valence-electron chi connectivity index (χ4n) is 1.07. The fraction of sp³-hybridized carbons (Fsp3) is 0. The van der Waals surface area contributed by atoms with Crippen LogP contribution in [0.2, 0.25) is 5.02 Å². The molecule has 15 heavy (non-hydrogen) atoms. The Morgan fingerprint density at radius 1 is 1.47 bits per heavy atom. The first-order chi connectivity index (χ1) is 7.31. The number of rotatable bonds is 3. The van der Waals surface area contributed by atoms with Crippen LogP contribution in [0.5, 0.6) is 0 Å². The summed E-state index contributed by atoms with van der Waals surface area (Å²) in [5.41, 5.74) is 0.473. The van der Waals surface area contributed by atoms with Gasteiger partial charge in [0.05, 0.1) is 5.02 Å². The molecule has 2 rings (SSSR count). The molecule has 76 valence electrons. The highest BCUT2D eigenvalue weighted by Crippen LogP contribution is 2.30. The van der Waals surface area contributed by atoms with Crippen molar-refractivity contribution in [1.29, 1.82) is 0 Å². The molecule has 0 spiro atoms. The maximum atomic E-state index is 10.8. The zero-order valence-electron chi connectivity index (χ0n) is 7.48. The molecule has 0 atom stereocenters. The molecule has 0 fully saturated rings. The highest BCUT2D eigenvalue weighted by Gasteiger charge is 2.08. The van der Waals surface area contributed by atoms with Crippen molar-refractivity contribution in [2.45, 2.75) is 10.1 Å². The number of hydrogen-bond donors (Lipinski definition) is 1. The maximum absolute atomic E-state index is 10.8. The molecule has 1 aromatic heterocycles. The predicted octanol–water partition coefficient (Wildman–Crippen LogP) is 2.42. The van der Waals surface area contributed by atoms with E-state index >= 15 is 0 Å². The van der Waals surface area contributed by atoms with Gasteiger partial charge >= 0.3 is 0 Å². The van der Waals surface area contributed by atoms with Gasteiger partial charge in [-0.1, -0.05) is 17.7 Å². The van der Waals surface area contributed by atoms with Crippen LogP contribution in [0.1, 0.15) is 10.4 Å². The summed E-state index contributed by atoms with van der Waals surface area (Å²) in [5.74, 6) is 0. The highest BCUT2D eigenvalue weighted by atomic mass is 35.5. The van der Waals surface area contributed by atoms with Crippen LogP contribution in [-0.4, -0.2) is 21.5 Å². The Balaban J connectivity index is 2.36. The number of H-pyrrole nitrogens is 1. The van der Waals surface area contributed by atoms with Crippen molar-refractivity contribution >= 4 is 29.6 Å². The molecule has 0 aliphatic heterocycles. The van der Waals surface area contributed by atoms with Gasteiger partial charge in [0.1, 0.15) is 6.33 Å². The Labute approximate surface area is 95.1 Å². The summed E-state index contributed by atoms with van der Waals surface area (Å²) < 4.78 is 0. The Morgan fingerprint density at radius 3 is 3.00 bits per heavy atom. The Kier molecular flexibility index (Phi) is 3.03. The number of hydrogen-bond acceptors (Lipinski definition) is 4. The molecule has 6 heteroatoms. The molecule has 0 unspecified atom stereocenters. The molecular formula is C9H6ClN3OS. The van der Waals surface area contributed by atoms with Gasteiger partial charge in [-0.05, 0) is 23.9 Å². The average molecular weight is 240 g/mol. The van der Waals surface area contributed by atoms with Gasteiger partial charge in [0, 0.05) is 10.5 Å². The van der Waals surface area contributed by atoms with Crippen molar-refractivity contribution < 1.29 is 4.79 Å². The Bertz CT molecular complexity index is 472. The Morgan fingerprint density at radius 2 is 2.33 bits per heavy atom. The van der Waals surface area contributed by atoms with Gasteiger partial charge in [0.2, 0.25) is 0 Å². The molecule has 0 aliphatic carbocycles. The van der Waals surface area contributed by atoms with Gasteiger partial charge in [-0.25, -0.2) is 4.98 Å². The van der Waals surface area contributed by atoms with Crippen molar-refractivity contribution in [2.75, 3.05) is 0 Å². The fourth-order valence-corrected chi connectivity index (χ4v) is 2.16. The number of aromatic nitrogens is 3. The summed E-state index contributed by atoms with van der Waals surface area (Å²) in [6, 6.07) is 5.27. The van der Waals surface area contributed by atoms with Gasteiger partial charge in [-0.15, -0.1) is 0 Å². The Hall–Kier alpha value is -1.33. The minimum absolute atomic E-state index is 0.439. The lowest BCUT2D eigenvalue weighted by Gasteiger charge is -2.02. The van der Waals surface area contributed by atoms with Crippen molar-refractivity contribution in [2.24, 2.45) is 0 Å². The van der Waals surface area contributed by atoms with E-state index < -0.39 is 0 Å². The number of carbonyl (C=O) groups excluding carboxylic acids is 1. The van der Waals surface area contributed by atoms with E-state index in [1.54, 1.807) is 12.1 Å². The van der Waals surface area contributed by atoms with Crippen LogP contribution in [0, 0.1) is 0 Å². The molecule has 0 aliphatic rings. The van der Waals surface area contributed by atoms with E-state index in [0.29, 0.717) is 15.7 Å².